The van der Waals surface area contributed by atoms with Crippen LogP contribution < -0.4 is 0 Å². The van der Waals surface area contributed by atoms with Crippen molar-refractivity contribution in [1.29, 1.82) is 0 Å². The van der Waals surface area contributed by atoms with E-state index in [0.717, 1.165) is 49.0 Å². The number of nitrogens with zero attached hydrogens (tertiary/aromatic N) is 2. The first-order valence-corrected chi connectivity index (χ1v) is 13.9. The van der Waals surface area contributed by atoms with Gasteiger partial charge in [-0.1, -0.05) is 57.6 Å². The molecule has 0 amide bonds. The zero-order valence-corrected chi connectivity index (χ0v) is 21.8. The number of non-ortho nitro benzene ring substituents is 1. The molecular formula is C30H38N2O5. The molecule has 0 N–H and O–H groups in total. The molecule has 2 saturated carbocycles. The highest BCUT2D eigenvalue weighted by atomic mass is 16.6. The third kappa shape index (κ3) is 6.62. The van der Waals surface area contributed by atoms with Gasteiger partial charge in [-0.25, -0.2) is 0 Å². The van der Waals surface area contributed by atoms with Gasteiger partial charge in [0, 0.05) is 34.9 Å². The predicted molar refractivity (Wildman–Crippen MR) is 144 cm³/mol. The summed E-state index contributed by atoms with van der Waals surface area (Å²) < 4.78 is 0. The van der Waals surface area contributed by atoms with E-state index in [0.29, 0.717) is 0 Å². The smallest absolute Gasteiger partial charge is 0.273 e. The molecule has 0 saturated heterocycles. The molecule has 7 nitrogen and oxygen atoms in total. The lowest BCUT2D eigenvalue weighted by Crippen LogP contribution is -2.25. The van der Waals surface area contributed by atoms with Crippen LogP contribution in [-0.4, -0.2) is 15.6 Å². The molecule has 198 valence electrons. The Kier molecular flexibility index (Phi) is 9.06. The van der Waals surface area contributed by atoms with E-state index >= 15 is 0 Å². The Balaban J connectivity index is 1.37. The van der Waals surface area contributed by atoms with Crippen LogP contribution in [0.25, 0.3) is 0 Å². The minimum atomic E-state index is -0.526. The summed E-state index contributed by atoms with van der Waals surface area (Å²) in [7, 11) is 0. The Morgan fingerprint density at radius 2 is 1.38 bits per heavy atom. The van der Waals surface area contributed by atoms with Gasteiger partial charge in [-0.15, -0.1) is 0 Å². The van der Waals surface area contributed by atoms with Crippen LogP contribution in [0.15, 0.2) is 42.5 Å². The molecule has 4 rings (SSSR count). The normalized spacial score (nSPS) is 23.9. The Labute approximate surface area is 219 Å². The van der Waals surface area contributed by atoms with Gasteiger partial charge in [-0.2, -0.15) is 0 Å². The maximum absolute atomic E-state index is 12.9. The fourth-order valence-corrected chi connectivity index (χ4v) is 6.62. The molecule has 2 fully saturated rings. The van der Waals surface area contributed by atoms with Gasteiger partial charge in [0.25, 0.3) is 11.4 Å². The highest BCUT2D eigenvalue weighted by Gasteiger charge is 2.33. The van der Waals surface area contributed by atoms with Crippen LogP contribution in [0.1, 0.15) is 111 Å². The maximum Gasteiger partial charge on any atom is 0.273 e. The number of unbranched alkanes of at least 4 members (excludes halogenated alkanes) is 2. The van der Waals surface area contributed by atoms with Crippen molar-refractivity contribution in [3.8, 4) is 0 Å². The number of carbonyl (C=O) groups is 1. The molecule has 0 atom stereocenters. The quantitative estimate of drug-likeness (QED) is 0.139. The highest BCUT2D eigenvalue weighted by molar-refractivity contribution is 6.09. The van der Waals surface area contributed by atoms with Gasteiger partial charge < -0.3 is 0 Å². The Hall–Kier alpha value is -3.09. The third-order valence-corrected chi connectivity index (χ3v) is 8.82. The highest BCUT2D eigenvalue weighted by Crippen LogP contribution is 2.46. The molecule has 37 heavy (non-hydrogen) atoms. The van der Waals surface area contributed by atoms with E-state index in [2.05, 4.69) is 6.92 Å². The lowest BCUT2D eigenvalue weighted by atomic mass is 9.67. The molecule has 0 spiro atoms. The molecule has 0 radical (unpaired) electrons. The van der Waals surface area contributed by atoms with Crippen LogP contribution >= 0.6 is 0 Å². The average Bonchev–Trinajstić information content (AvgIpc) is 2.93. The first-order chi connectivity index (χ1) is 17.9. The van der Waals surface area contributed by atoms with Crippen molar-refractivity contribution < 1.29 is 14.6 Å². The number of rotatable bonds is 10. The van der Waals surface area contributed by atoms with Gasteiger partial charge in [0.1, 0.15) is 0 Å². The first kappa shape index (κ1) is 27.0. The fourth-order valence-electron chi connectivity index (χ4n) is 6.62. The third-order valence-electron chi connectivity index (χ3n) is 8.82. The van der Waals surface area contributed by atoms with E-state index < -0.39 is 4.92 Å². The molecular weight excluding hydrogens is 468 g/mol. The van der Waals surface area contributed by atoms with Crippen LogP contribution in [0.4, 0.5) is 11.4 Å². The monoisotopic (exact) mass is 506 g/mol. The summed E-state index contributed by atoms with van der Waals surface area (Å²) in [5.41, 5.74) is 1.13. The van der Waals surface area contributed by atoms with Crippen molar-refractivity contribution in [1.82, 2.24) is 0 Å². The lowest BCUT2D eigenvalue weighted by Gasteiger charge is -2.38. The summed E-state index contributed by atoms with van der Waals surface area (Å²) >= 11 is 0. The second-order valence-electron chi connectivity index (χ2n) is 11.1. The van der Waals surface area contributed by atoms with E-state index in [1.54, 1.807) is 12.1 Å². The summed E-state index contributed by atoms with van der Waals surface area (Å²) in [4.78, 5) is 34.8. The van der Waals surface area contributed by atoms with Gasteiger partial charge in [0.2, 0.25) is 0 Å². The zero-order chi connectivity index (χ0) is 26.4. The van der Waals surface area contributed by atoms with E-state index in [1.165, 1.54) is 81.7 Å². The van der Waals surface area contributed by atoms with Crippen molar-refractivity contribution >= 4 is 17.2 Å². The topological polar surface area (TPSA) is 103 Å². The maximum atomic E-state index is 12.9. The molecule has 0 heterocycles. The summed E-state index contributed by atoms with van der Waals surface area (Å²) in [5.74, 6) is 2.22. The Bertz CT molecular complexity index is 1100. The van der Waals surface area contributed by atoms with E-state index in [1.807, 2.05) is 0 Å². The Morgan fingerprint density at radius 3 is 1.95 bits per heavy atom. The second-order valence-corrected chi connectivity index (χ2v) is 11.1. The number of hydrogen-bond acceptors (Lipinski definition) is 5. The minimum absolute atomic E-state index is 0.00352. The SMILES string of the molecule is CCCCCC1CCC(C2CCC(c3ccc(C(=O)c4ccc([N+](=O)[O-])cc4)cc3[N+](=O)[O-])CC2)CC1. The van der Waals surface area contributed by atoms with E-state index in [4.69, 9.17) is 0 Å². The van der Waals surface area contributed by atoms with E-state index in [9.17, 15) is 25.0 Å². The fraction of sp³-hybridized carbons (Fsp3) is 0.567. The standard InChI is InChI=1S/C30H38N2O5/c1-2-3-4-5-21-6-8-22(9-7-21)23-10-12-24(13-11-23)28-19-16-26(20-29(28)32(36)37)30(33)25-14-17-27(18-15-25)31(34)35/h14-24H,2-13H2,1H3. The van der Waals surface area contributed by atoms with Crippen molar-refractivity contribution in [2.24, 2.45) is 17.8 Å². The van der Waals surface area contributed by atoms with Gasteiger partial charge in [-0.05, 0) is 74.3 Å². The predicted octanol–water partition coefficient (Wildman–Crippen LogP) is 8.39. The molecule has 0 aliphatic heterocycles. The largest absolute Gasteiger partial charge is 0.289 e. The summed E-state index contributed by atoms with van der Waals surface area (Å²) in [6, 6.07) is 10.1. The van der Waals surface area contributed by atoms with Crippen LogP contribution in [0.2, 0.25) is 0 Å². The average molecular weight is 507 g/mol. The number of benzene rings is 2. The first-order valence-electron chi connectivity index (χ1n) is 13.9. The van der Waals surface area contributed by atoms with E-state index in [-0.39, 0.29) is 39.1 Å². The molecule has 0 unspecified atom stereocenters. The van der Waals surface area contributed by atoms with Crippen LogP contribution in [-0.2, 0) is 0 Å². The zero-order valence-electron chi connectivity index (χ0n) is 21.8. The minimum Gasteiger partial charge on any atom is -0.289 e. The summed E-state index contributed by atoms with van der Waals surface area (Å²) in [6.45, 7) is 2.26. The Morgan fingerprint density at radius 1 is 0.784 bits per heavy atom. The van der Waals surface area contributed by atoms with Crippen molar-refractivity contribution in [3.05, 3.63) is 79.4 Å². The molecule has 2 aliphatic carbocycles. The number of carbonyl (C=O) groups excluding carboxylic acids is 1. The summed E-state index contributed by atoms with van der Waals surface area (Å²) in [6.07, 6.45) is 15.0. The molecule has 2 aromatic rings. The number of hydrogen-bond donors (Lipinski definition) is 0. The summed E-state index contributed by atoms with van der Waals surface area (Å²) in [5, 5.41) is 22.8. The number of nitro groups is 2. The van der Waals surface area contributed by atoms with Crippen LogP contribution in [0.5, 0.6) is 0 Å². The van der Waals surface area contributed by atoms with Crippen LogP contribution in [0, 0.1) is 38.0 Å². The molecule has 0 aromatic heterocycles. The van der Waals surface area contributed by atoms with Gasteiger partial charge >= 0.3 is 0 Å². The molecule has 0 bridgehead atoms. The van der Waals surface area contributed by atoms with Crippen molar-refractivity contribution in [2.75, 3.05) is 0 Å². The molecule has 2 aromatic carbocycles. The second kappa shape index (κ2) is 12.4. The van der Waals surface area contributed by atoms with Gasteiger partial charge in [0.05, 0.1) is 9.85 Å². The number of nitro benzene ring substituents is 2. The van der Waals surface area contributed by atoms with Crippen molar-refractivity contribution in [3.63, 3.8) is 0 Å². The molecule has 7 heteroatoms. The van der Waals surface area contributed by atoms with Gasteiger partial charge in [-0.3, -0.25) is 25.0 Å². The van der Waals surface area contributed by atoms with Gasteiger partial charge in [0.15, 0.2) is 5.78 Å². The van der Waals surface area contributed by atoms with Crippen molar-refractivity contribution in [2.45, 2.75) is 89.9 Å². The number of ketones is 1. The molecule has 2 aliphatic rings. The van der Waals surface area contributed by atoms with Crippen LogP contribution in [0.3, 0.4) is 0 Å². The lowest BCUT2D eigenvalue weighted by molar-refractivity contribution is -0.385.